The molecule has 1 aliphatic rings. The third-order valence-corrected chi connectivity index (χ3v) is 3.63. The number of benzene rings is 1. The lowest BCUT2D eigenvalue weighted by molar-refractivity contribution is 0.359. The van der Waals surface area contributed by atoms with E-state index in [-0.39, 0.29) is 0 Å². The Labute approximate surface area is 101 Å². The second-order valence-corrected chi connectivity index (χ2v) is 4.93. The zero-order valence-electron chi connectivity index (χ0n) is 10.3. The van der Waals surface area contributed by atoms with Gasteiger partial charge in [0.25, 0.3) is 0 Å². The minimum atomic E-state index is 0.401. The van der Waals surface area contributed by atoms with Crippen LogP contribution in [0.5, 0.6) is 0 Å². The van der Waals surface area contributed by atoms with Crippen molar-refractivity contribution in [3.8, 4) is 0 Å². The highest BCUT2D eigenvalue weighted by Gasteiger charge is 2.21. The van der Waals surface area contributed by atoms with Gasteiger partial charge < -0.3 is 15.1 Å². The minimum absolute atomic E-state index is 0.401. The quantitative estimate of drug-likeness (QED) is 0.789. The van der Waals surface area contributed by atoms with E-state index in [2.05, 4.69) is 36.6 Å². The molecule has 0 spiro atoms. The summed E-state index contributed by atoms with van der Waals surface area (Å²) in [6, 6.07) is 5.28. The van der Waals surface area contributed by atoms with Gasteiger partial charge in [-0.05, 0) is 25.0 Å². The van der Waals surface area contributed by atoms with E-state index in [1.54, 1.807) is 6.26 Å². The highest BCUT2D eigenvalue weighted by molar-refractivity contribution is 5.85. The van der Waals surface area contributed by atoms with E-state index in [0.29, 0.717) is 12.1 Å². The predicted molar refractivity (Wildman–Crippen MR) is 69.2 cm³/mol. The fraction of sp³-hybridized carbons (Fsp3) is 0.429. The van der Waals surface area contributed by atoms with Crippen LogP contribution in [0.25, 0.3) is 10.8 Å². The maximum atomic E-state index is 5.27. The second-order valence-electron chi connectivity index (χ2n) is 4.93. The van der Waals surface area contributed by atoms with Gasteiger partial charge in [-0.15, -0.1) is 0 Å². The molecule has 1 saturated heterocycles. The summed E-state index contributed by atoms with van der Waals surface area (Å²) in [6.45, 7) is 6.43. The van der Waals surface area contributed by atoms with Gasteiger partial charge in [0.1, 0.15) is 0 Å². The van der Waals surface area contributed by atoms with Crippen molar-refractivity contribution in [3.05, 3.63) is 35.8 Å². The van der Waals surface area contributed by atoms with Crippen molar-refractivity contribution in [1.82, 2.24) is 10.6 Å². The third kappa shape index (κ3) is 1.85. The molecule has 3 heteroatoms. The predicted octanol–water partition coefficient (Wildman–Crippen LogP) is 2.36. The van der Waals surface area contributed by atoms with Gasteiger partial charge in [-0.2, -0.15) is 0 Å². The van der Waals surface area contributed by atoms with Gasteiger partial charge in [0.2, 0.25) is 0 Å². The number of piperazine rings is 1. The van der Waals surface area contributed by atoms with Crippen LogP contribution in [0.1, 0.15) is 24.1 Å². The smallest absolute Gasteiger partial charge is 0.0984 e. The number of furan rings is 1. The molecule has 1 aromatic heterocycles. The fourth-order valence-corrected chi connectivity index (χ4v) is 2.68. The molecule has 1 aromatic carbocycles. The molecular weight excluding hydrogens is 212 g/mol. The third-order valence-electron chi connectivity index (χ3n) is 3.63. The number of fused-ring (bicyclic) bond motifs is 1. The van der Waals surface area contributed by atoms with Crippen molar-refractivity contribution < 1.29 is 4.42 Å². The molecule has 0 aliphatic carbocycles. The molecule has 3 nitrogen and oxygen atoms in total. The van der Waals surface area contributed by atoms with E-state index >= 15 is 0 Å². The summed E-state index contributed by atoms with van der Waals surface area (Å²) < 4.78 is 5.27. The van der Waals surface area contributed by atoms with Crippen LogP contribution in [0, 0.1) is 6.92 Å². The second kappa shape index (κ2) is 4.17. The summed E-state index contributed by atoms with van der Waals surface area (Å²) in [6.07, 6.45) is 3.65. The molecule has 90 valence electrons. The Morgan fingerprint density at radius 3 is 2.94 bits per heavy atom. The topological polar surface area (TPSA) is 37.2 Å². The monoisotopic (exact) mass is 230 g/mol. The summed E-state index contributed by atoms with van der Waals surface area (Å²) in [4.78, 5) is 0. The first-order valence-corrected chi connectivity index (χ1v) is 6.18. The van der Waals surface area contributed by atoms with Crippen LogP contribution >= 0.6 is 0 Å². The maximum Gasteiger partial charge on any atom is 0.0984 e. The summed E-state index contributed by atoms with van der Waals surface area (Å²) in [5, 5.41) is 9.51. The van der Waals surface area contributed by atoms with Crippen LogP contribution in [0.4, 0.5) is 0 Å². The lowest BCUT2D eigenvalue weighted by atomic mass is 9.96. The number of nitrogens with one attached hydrogen (secondary N) is 2. The molecule has 0 unspecified atom stereocenters. The molecule has 2 aromatic rings. The maximum absolute atomic E-state index is 5.27. The van der Waals surface area contributed by atoms with E-state index in [1.807, 2.05) is 6.26 Å². The van der Waals surface area contributed by atoms with Gasteiger partial charge in [0.15, 0.2) is 0 Å². The van der Waals surface area contributed by atoms with E-state index in [0.717, 1.165) is 13.1 Å². The highest BCUT2D eigenvalue weighted by atomic mass is 16.3. The summed E-state index contributed by atoms with van der Waals surface area (Å²) in [5.74, 6) is 0. The summed E-state index contributed by atoms with van der Waals surface area (Å²) in [5.41, 5.74) is 2.70. The van der Waals surface area contributed by atoms with Gasteiger partial charge in [-0.25, -0.2) is 0 Å². The Balaban J connectivity index is 2.01. The van der Waals surface area contributed by atoms with Gasteiger partial charge in [0.05, 0.1) is 12.5 Å². The largest absolute Gasteiger partial charge is 0.471 e. The molecule has 0 amide bonds. The van der Waals surface area contributed by atoms with E-state index in [1.165, 1.54) is 21.9 Å². The Morgan fingerprint density at radius 2 is 2.12 bits per heavy atom. The number of aryl methyl sites for hydroxylation is 1. The molecule has 0 saturated carbocycles. The minimum Gasteiger partial charge on any atom is -0.471 e. The molecule has 3 rings (SSSR count). The zero-order valence-corrected chi connectivity index (χ0v) is 10.3. The number of hydrogen-bond donors (Lipinski definition) is 2. The first-order valence-electron chi connectivity index (χ1n) is 6.18. The number of rotatable bonds is 1. The van der Waals surface area contributed by atoms with Gasteiger partial charge in [0, 0.05) is 35.9 Å². The van der Waals surface area contributed by atoms with Crippen molar-refractivity contribution in [2.24, 2.45) is 0 Å². The average Bonchev–Trinajstić information content (AvgIpc) is 2.78. The van der Waals surface area contributed by atoms with Crippen LogP contribution in [-0.2, 0) is 0 Å². The van der Waals surface area contributed by atoms with Crippen molar-refractivity contribution in [2.45, 2.75) is 25.9 Å². The van der Waals surface area contributed by atoms with Crippen LogP contribution in [0.15, 0.2) is 29.1 Å². The van der Waals surface area contributed by atoms with Gasteiger partial charge in [-0.3, -0.25) is 0 Å². The first-order chi connectivity index (χ1) is 8.25. The van der Waals surface area contributed by atoms with Crippen molar-refractivity contribution >= 4 is 10.8 Å². The van der Waals surface area contributed by atoms with E-state index in [9.17, 15) is 0 Å². The molecule has 1 fully saturated rings. The molecule has 1 aliphatic heterocycles. The summed E-state index contributed by atoms with van der Waals surface area (Å²) in [7, 11) is 0. The van der Waals surface area contributed by atoms with Crippen molar-refractivity contribution in [3.63, 3.8) is 0 Å². The van der Waals surface area contributed by atoms with Crippen molar-refractivity contribution in [1.29, 1.82) is 0 Å². The molecular formula is C14H18N2O. The molecule has 0 radical (unpaired) electrons. The molecule has 2 N–H and O–H groups in total. The lowest BCUT2D eigenvalue weighted by Crippen LogP contribution is -2.48. The van der Waals surface area contributed by atoms with E-state index in [4.69, 9.17) is 4.42 Å². The molecule has 17 heavy (non-hydrogen) atoms. The SMILES string of the molecule is Cc1c([C@@H]2CNC[C@H](C)N2)ccc2cocc12. The first kappa shape index (κ1) is 10.8. The Bertz CT molecular complexity index is 532. The van der Waals surface area contributed by atoms with Crippen LogP contribution in [0.3, 0.4) is 0 Å². The normalized spacial score (nSPS) is 25.3. The Kier molecular flexibility index (Phi) is 2.65. The zero-order chi connectivity index (χ0) is 11.8. The van der Waals surface area contributed by atoms with Crippen LogP contribution < -0.4 is 10.6 Å². The van der Waals surface area contributed by atoms with Crippen LogP contribution in [-0.4, -0.2) is 19.1 Å². The fourth-order valence-electron chi connectivity index (χ4n) is 2.68. The Hall–Kier alpha value is -1.32. The molecule has 2 atom stereocenters. The van der Waals surface area contributed by atoms with Gasteiger partial charge >= 0.3 is 0 Å². The molecule has 0 bridgehead atoms. The summed E-state index contributed by atoms with van der Waals surface area (Å²) >= 11 is 0. The molecule has 2 heterocycles. The number of hydrogen-bond acceptors (Lipinski definition) is 3. The van der Waals surface area contributed by atoms with Crippen molar-refractivity contribution in [2.75, 3.05) is 13.1 Å². The van der Waals surface area contributed by atoms with Crippen LogP contribution in [0.2, 0.25) is 0 Å². The Morgan fingerprint density at radius 1 is 1.24 bits per heavy atom. The standard InChI is InChI=1S/C14H18N2O/c1-9-5-15-6-14(16-9)12-4-3-11-7-17-8-13(11)10(12)2/h3-4,7-9,14-16H,5-6H2,1-2H3/t9-,14-/m0/s1. The van der Waals surface area contributed by atoms with Gasteiger partial charge in [-0.1, -0.05) is 12.1 Å². The average molecular weight is 230 g/mol. The lowest BCUT2D eigenvalue weighted by Gasteiger charge is -2.31. The highest BCUT2D eigenvalue weighted by Crippen LogP contribution is 2.27. The van der Waals surface area contributed by atoms with E-state index < -0.39 is 0 Å².